The SMILES string of the molecule is Cc1cccc2cc(CN(C[C@@H]3CCCO3)C(=O)Nc3ccc(F)cc3)c(=O)[nH]c12. The van der Waals surface area contributed by atoms with Crippen molar-refractivity contribution >= 4 is 22.6 Å². The minimum atomic E-state index is -0.373. The molecule has 1 atom stereocenters. The molecule has 7 heteroatoms. The number of rotatable bonds is 5. The molecule has 1 aromatic heterocycles. The van der Waals surface area contributed by atoms with Crippen LogP contribution in [0.15, 0.2) is 53.3 Å². The Balaban J connectivity index is 1.59. The largest absolute Gasteiger partial charge is 0.376 e. The number of amides is 2. The highest BCUT2D eigenvalue weighted by Gasteiger charge is 2.24. The van der Waals surface area contributed by atoms with Crippen LogP contribution < -0.4 is 10.9 Å². The first-order chi connectivity index (χ1) is 14.5. The second kappa shape index (κ2) is 8.67. The van der Waals surface area contributed by atoms with E-state index in [0.29, 0.717) is 24.4 Å². The first-order valence-electron chi connectivity index (χ1n) is 10.0. The lowest BCUT2D eigenvalue weighted by atomic mass is 10.1. The fraction of sp³-hybridized carbons (Fsp3) is 0.304. The molecular formula is C23H24FN3O3. The zero-order valence-corrected chi connectivity index (χ0v) is 16.8. The normalized spacial score (nSPS) is 16.0. The molecule has 1 aliphatic rings. The maximum Gasteiger partial charge on any atom is 0.322 e. The van der Waals surface area contributed by atoms with Gasteiger partial charge in [-0.2, -0.15) is 0 Å². The highest BCUT2D eigenvalue weighted by molar-refractivity contribution is 5.89. The molecule has 2 N–H and O–H groups in total. The lowest BCUT2D eigenvalue weighted by Crippen LogP contribution is -2.40. The molecule has 2 amide bonds. The van der Waals surface area contributed by atoms with Gasteiger partial charge in [-0.25, -0.2) is 9.18 Å². The van der Waals surface area contributed by atoms with E-state index in [-0.39, 0.29) is 30.1 Å². The van der Waals surface area contributed by atoms with Crippen molar-refractivity contribution < 1.29 is 13.9 Å². The molecule has 156 valence electrons. The van der Waals surface area contributed by atoms with Gasteiger partial charge < -0.3 is 19.9 Å². The molecule has 2 heterocycles. The van der Waals surface area contributed by atoms with Gasteiger partial charge in [-0.3, -0.25) is 4.79 Å². The standard InChI is InChI=1S/C23H24FN3O3/c1-15-4-2-5-16-12-17(22(28)26-21(15)16)13-27(14-20-6-3-11-30-20)23(29)25-19-9-7-18(24)8-10-19/h2,4-5,7-10,12,20H,3,6,11,13-14H2,1H3,(H,25,29)(H,26,28)/t20-/m0/s1. The molecule has 2 aromatic carbocycles. The molecule has 1 aliphatic heterocycles. The van der Waals surface area contributed by atoms with E-state index in [2.05, 4.69) is 10.3 Å². The number of H-pyrrole nitrogens is 1. The van der Waals surface area contributed by atoms with Gasteiger partial charge in [0.1, 0.15) is 5.82 Å². The van der Waals surface area contributed by atoms with Crippen molar-refractivity contribution in [3.8, 4) is 0 Å². The molecule has 6 nitrogen and oxygen atoms in total. The summed E-state index contributed by atoms with van der Waals surface area (Å²) < 4.78 is 18.9. The molecule has 3 aromatic rings. The number of urea groups is 1. The number of carbonyl (C=O) groups excluding carboxylic acids is 1. The predicted molar refractivity (Wildman–Crippen MR) is 114 cm³/mol. The lowest BCUT2D eigenvalue weighted by molar-refractivity contribution is 0.0818. The highest BCUT2D eigenvalue weighted by Crippen LogP contribution is 2.19. The van der Waals surface area contributed by atoms with Gasteiger partial charge in [0.15, 0.2) is 0 Å². The average molecular weight is 409 g/mol. The molecule has 1 fully saturated rings. The van der Waals surface area contributed by atoms with Crippen LogP contribution in [-0.4, -0.2) is 35.2 Å². The van der Waals surface area contributed by atoms with Gasteiger partial charge in [0.2, 0.25) is 0 Å². The monoisotopic (exact) mass is 409 g/mol. The van der Waals surface area contributed by atoms with E-state index in [9.17, 15) is 14.0 Å². The number of nitrogens with one attached hydrogen (secondary N) is 2. The predicted octanol–water partition coefficient (Wildman–Crippen LogP) is 4.19. The van der Waals surface area contributed by atoms with Gasteiger partial charge in [0, 0.05) is 24.4 Å². The van der Waals surface area contributed by atoms with Crippen molar-refractivity contribution in [2.45, 2.75) is 32.4 Å². The number of hydrogen-bond acceptors (Lipinski definition) is 3. The number of pyridine rings is 1. The third kappa shape index (κ3) is 4.52. The Labute approximate surface area is 173 Å². The van der Waals surface area contributed by atoms with Crippen LogP contribution in [0.4, 0.5) is 14.9 Å². The summed E-state index contributed by atoms with van der Waals surface area (Å²) in [5, 5.41) is 3.70. The molecule has 0 aliphatic carbocycles. The van der Waals surface area contributed by atoms with E-state index >= 15 is 0 Å². The molecule has 0 bridgehead atoms. The Morgan fingerprint density at radius 1 is 1.27 bits per heavy atom. The number of fused-ring (bicyclic) bond motifs is 1. The quantitative estimate of drug-likeness (QED) is 0.664. The third-order valence-corrected chi connectivity index (χ3v) is 5.36. The van der Waals surface area contributed by atoms with Crippen molar-refractivity contribution in [3.05, 3.63) is 75.8 Å². The minimum Gasteiger partial charge on any atom is -0.376 e. The molecule has 0 radical (unpaired) electrons. The summed E-state index contributed by atoms with van der Waals surface area (Å²) in [6.07, 6.45) is 1.76. The first kappa shape index (κ1) is 20.1. The molecule has 0 saturated carbocycles. The first-order valence-corrected chi connectivity index (χ1v) is 10.0. The molecule has 1 saturated heterocycles. The number of para-hydroxylation sites is 1. The summed E-state index contributed by atoms with van der Waals surface area (Å²) in [5.41, 5.74) is 2.56. The molecule has 30 heavy (non-hydrogen) atoms. The Kier molecular flexibility index (Phi) is 5.81. The Hall–Kier alpha value is -3.19. The van der Waals surface area contributed by atoms with Gasteiger partial charge in [0.25, 0.3) is 5.56 Å². The Bertz CT molecular complexity index is 1100. The van der Waals surface area contributed by atoms with E-state index in [1.54, 1.807) is 4.90 Å². The smallest absolute Gasteiger partial charge is 0.322 e. The average Bonchev–Trinajstić information content (AvgIpc) is 3.24. The summed E-state index contributed by atoms with van der Waals surface area (Å²) in [5.74, 6) is -0.373. The topological polar surface area (TPSA) is 74.4 Å². The second-order valence-corrected chi connectivity index (χ2v) is 7.62. The van der Waals surface area contributed by atoms with Crippen molar-refractivity contribution in [2.24, 2.45) is 0 Å². The van der Waals surface area contributed by atoms with Gasteiger partial charge in [-0.1, -0.05) is 18.2 Å². The van der Waals surface area contributed by atoms with Crippen molar-refractivity contribution in [2.75, 3.05) is 18.5 Å². The van der Waals surface area contributed by atoms with Crippen molar-refractivity contribution in [1.82, 2.24) is 9.88 Å². The molecule has 4 rings (SSSR count). The highest BCUT2D eigenvalue weighted by atomic mass is 19.1. The Morgan fingerprint density at radius 3 is 2.80 bits per heavy atom. The van der Waals surface area contributed by atoms with Crippen LogP contribution in [0.2, 0.25) is 0 Å². The second-order valence-electron chi connectivity index (χ2n) is 7.62. The fourth-order valence-electron chi connectivity index (χ4n) is 3.74. The number of aromatic nitrogens is 1. The summed E-state index contributed by atoms with van der Waals surface area (Å²) in [7, 11) is 0. The van der Waals surface area contributed by atoms with E-state index in [0.717, 1.165) is 29.3 Å². The van der Waals surface area contributed by atoms with Crippen LogP contribution in [0, 0.1) is 12.7 Å². The van der Waals surface area contributed by atoms with Gasteiger partial charge in [0.05, 0.1) is 18.2 Å². The number of halogens is 1. The number of aryl methyl sites for hydroxylation is 1. The van der Waals surface area contributed by atoms with Crippen molar-refractivity contribution in [1.29, 1.82) is 0 Å². The van der Waals surface area contributed by atoms with Crippen LogP contribution in [0.25, 0.3) is 10.9 Å². The number of aromatic amines is 1. The molecular weight excluding hydrogens is 385 g/mol. The van der Waals surface area contributed by atoms with E-state index in [4.69, 9.17) is 4.74 Å². The number of carbonyl (C=O) groups is 1. The van der Waals surface area contributed by atoms with Crippen LogP contribution in [0.3, 0.4) is 0 Å². The van der Waals surface area contributed by atoms with E-state index in [1.807, 2.05) is 31.2 Å². The minimum absolute atomic E-state index is 0.0641. The lowest BCUT2D eigenvalue weighted by Gasteiger charge is -2.25. The summed E-state index contributed by atoms with van der Waals surface area (Å²) in [6, 6.07) is 12.9. The summed E-state index contributed by atoms with van der Waals surface area (Å²) in [4.78, 5) is 30.2. The number of ether oxygens (including phenoxy) is 1. The Morgan fingerprint density at radius 2 is 2.07 bits per heavy atom. The number of anilines is 1. The van der Waals surface area contributed by atoms with E-state index in [1.165, 1.54) is 24.3 Å². The summed E-state index contributed by atoms with van der Waals surface area (Å²) >= 11 is 0. The van der Waals surface area contributed by atoms with Gasteiger partial charge >= 0.3 is 6.03 Å². The zero-order valence-electron chi connectivity index (χ0n) is 16.8. The maximum absolute atomic E-state index is 13.2. The van der Waals surface area contributed by atoms with E-state index < -0.39 is 0 Å². The maximum atomic E-state index is 13.2. The fourth-order valence-corrected chi connectivity index (χ4v) is 3.74. The van der Waals surface area contributed by atoms with Crippen LogP contribution >= 0.6 is 0 Å². The number of nitrogens with zero attached hydrogens (tertiary/aromatic N) is 1. The summed E-state index contributed by atoms with van der Waals surface area (Å²) in [6.45, 7) is 3.14. The number of benzene rings is 2. The zero-order chi connectivity index (χ0) is 21.1. The van der Waals surface area contributed by atoms with Gasteiger partial charge in [-0.05, 0) is 61.0 Å². The molecule has 0 unspecified atom stereocenters. The third-order valence-electron chi connectivity index (χ3n) is 5.36. The van der Waals surface area contributed by atoms with Gasteiger partial charge in [-0.15, -0.1) is 0 Å². The molecule has 0 spiro atoms. The van der Waals surface area contributed by atoms with Crippen LogP contribution in [-0.2, 0) is 11.3 Å². The van der Waals surface area contributed by atoms with Crippen molar-refractivity contribution in [3.63, 3.8) is 0 Å². The number of hydrogen-bond donors (Lipinski definition) is 2. The van der Waals surface area contributed by atoms with Crippen LogP contribution in [0.5, 0.6) is 0 Å². The van der Waals surface area contributed by atoms with Crippen LogP contribution in [0.1, 0.15) is 24.0 Å².